The van der Waals surface area contributed by atoms with Gasteiger partial charge in [-0.25, -0.2) is 52.6 Å². The number of nitrogens with one attached hydrogen (secondary N) is 5. The summed E-state index contributed by atoms with van der Waals surface area (Å²) in [4.78, 5) is 48.6. The summed E-state index contributed by atoms with van der Waals surface area (Å²) >= 11 is 3.02. The Morgan fingerprint density at radius 2 is 1.12 bits per heavy atom. The average molecular weight is 1080 g/mol. The molecule has 0 atom stereocenters. The van der Waals surface area contributed by atoms with Crippen molar-refractivity contribution in [1.82, 2.24) is 73.7 Å². The number of thiazole rings is 2. The summed E-state index contributed by atoms with van der Waals surface area (Å²) in [7, 11) is -0.701. The molecular weight excluding hydrogens is 1030 g/mol. The third-order valence-electron chi connectivity index (χ3n) is 11.8. The number of hydrogen-bond donors (Lipinski definition) is 5. The first-order chi connectivity index (χ1) is 37.1. The predicted molar refractivity (Wildman–Crippen MR) is 291 cm³/mol. The maximum Gasteiger partial charge on any atom is 0.308 e. The summed E-state index contributed by atoms with van der Waals surface area (Å²) in [5, 5.41) is 14.9. The van der Waals surface area contributed by atoms with Gasteiger partial charge in [-0.3, -0.25) is 9.97 Å². The Labute approximate surface area is 446 Å². The number of rotatable bonds is 24. The van der Waals surface area contributed by atoms with E-state index in [0.717, 1.165) is 69.1 Å². The van der Waals surface area contributed by atoms with E-state index in [-0.39, 0.29) is 24.7 Å². The Kier molecular flexibility index (Phi) is 18.0. The smallest absolute Gasteiger partial charge is 0.308 e. The third-order valence-corrected chi connectivity index (χ3v) is 15.7. The van der Waals surface area contributed by atoms with Gasteiger partial charge in [0, 0.05) is 103 Å². The molecule has 0 fully saturated rings. The summed E-state index contributed by atoms with van der Waals surface area (Å²) in [6.45, 7) is 3.20. The number of imidazole rings is 2. The van der Waals surface area contributed by atoms with E-state index in [9.17, 15) is 17.2 Å². The number of aromatic nitrogens is 12. The van der Waals surface area contributed by atoms with E-state index in [1.807, 2.05) is 42.6 Å². The van der Waals surface area contributed by atoms with Crippen LogP contribution in [0.4, 0.5) is 20.4 Å². The molecule has 392 valence electrons. The largest absolute Gasteiger partial charge is 0.362 e. The van der Waals surface area contributed by atoms with E-state index in [2.05, 4.69) is 95.4 Å². The second-order valence-corrected chi connectivity index (χ2v) is 21.6. The maximum absolute atomic E-state index is 13.9. The molecule has 0 aliphatic rings. The number of halogens is 2. The normalized spacial score (nSPS) is 11.6. The van der Waals surface area contributed by atoms with Crippen LogP contribution in [0.1, 0.15) is 55.6 Å². The van der Waals surface area contributed by atoms with Crippen molar-refractivity contribution in [1.29, 1.82) is 0 Å². The summed E-state index contributed by atoms with van der Waals surface area (Å²) in [5.74, 6) is 1.84. The molecule has 0 amide bonds. The Bertz CT molecular complexity index is 3580. The number of pyridine rings is 2. The fourth-order valence-electron chi connectivity index (χ4n) is 7.94. The van der Waals surface area contributed by atoms with Crippen LogP contribution < -0.4 is 21.3 Å². The number of nitrogens with zero attached hydrogens (tertiary/aromatic N) is 12. The molecule has 0 unspecified atom stereocenters. The molecule has 0 aliphatic carbocycles. The Balaban J connectivity index is 0.000000188. The van der Waals surface area contributed by atoms with Gasteiger partial charge in [-0.05, 0) is 35.4 Å². The Hall–Kier alpha value is -7.61. The lowest BCUT2D eigenvalue weighted by Gasteiger charge is -2.17. The van der Waals surface area contributed by atoms with Crippen molar-refractivity contribution in [3.8, 4) is 0 Å². The van der Waals surface area contributed by atoms with Gasteiger partial charge in [-0.15, -0.1) is 0 Å². The third kappa shape index (κ3) is 14.0. The van der Waals surface area contributed by atoms with Gasteiger partial charge in [0.2, 0.25) is 0 Å². The molecule has 0 spiro atoms. The first-order valence-corrected chi connectivity index (χ1v) is 27.5. The van der Waals surface area contributed by atoms with Gasteiger partial charge in [0.15, 0.2) is 11.6 Å². The lowest BCUT2D eigenvalue weighted by molar-refractivity contribution is 0.505. The molecule has 0 bridgehead atoms. The highest BCUT2D eigenvalue weighted by atomic mass is 32.2. The van der Waals surface area contributed by atoms with Crippen molar-refractivity contribution in [2.45, 2.75) is 51.6 Å². The zero-order valence-corrected chi connectivity index (χ0v) is 44.1. The SMILES string of the molecule is CN(C)S(=O)(=O)n1c(Cc2ccccc2)cnc1CCNCCc1nc2c(NCc3ncccc3F)ncnc2s1.Fc1cccnc1CNc1ncnc2sc(CCNCCc3ncc(Cc4ccccc4)[nH]3)nc12. The van der Waals surface area contributed by atoms with E-state index in [1.165, 1.54) is 64.1 Å². The minimum absolute atomic E-state index is 0.180. The van der Waals surface area contributed by atoms with E-state index >= 15 is 0 Å². The van der Waals surface area contributed by atoms with Crippen LogP contribution >= 0.6 is 22.7 Å². The Morgan fingerprint density at radius 3 is 1.66 bits per heavy atom. The summed E-state index contributed by atoms with van der Waals surface area (Å²) in [6.07, 6.45) is 13.6. The molecule has 0 radical (unpaired) electrons. The van der Waals surface area contributed by atoms with Crippen molar-refractivity contribution in [3.05, 3.63) is 190 Å². The molecule has 0 saturated heterocycles. The molecule has 8 heterocycles. The molecule has 76 heavy (non-hydrogen) atoms. The quantitative estimate of drug-likeness (QED) is 0.0384. The van der Waals surface area contributed by atoms with Crippen LogP contribution in [0.3, 0.4) is 0 Å². The van der Waals surface area contributed by atoms with Crippen LogP contribution in [-0.4, -0.2) is 112 Å². The molecule has 0 saturated carbocycles. The van der Waals surface area contributed by atoms with Crippen molar-refractivity contribution < 1.29 is 17.2 Å². The maximum atomic E-state index is 13.9. The molecule has 19 nitrogen and oxygen atoms in total. The van der Waals surface area contributed by atoms with Gasteiger partial charge in [-0.1, -0.05) is 83.3 Å². The van der Waals surface area contributed by atoms with Gasteiger partial charge in [-0.2, -0.15) is 12.7 Å². The molecule has 8 aromatic heterocycles. The van der Waals surface area contributed by atoms with Crippen LogP contribution in [0.15, 0.2) is 122 Å². The van der Waals surface area contributed by atoms with Crippen LogP contribution in [0.5, 0.6) is 0 Å². The first-order valence-electron chi connectivity index (χ1n) is 24.4. The predicted octanol–water partition coefficient (Wildman–Crippen LogP) is 6.97. The van der Waals surface area contributed by atoms with Gasteiger partial charge >= 0.3 is 10.2 Å². The molecule has 0 aliphatic heterocycles. The topological polar surface area (TPSA) is 235 Å². The molecule has 10 rings (SSSR count). The number of anilines is 2. The lowest BCUT2D eigenvalue weighted by Crippen LogP contribution is -2.32. The van der Waals surface area contributed by atoms with E-state index in [1.54, 1.807) is 42.1 Å². The van der Waals surface area contributed by atoms with E-state index < -0.39 is 10.2 Å². The molecular formula is C52H55F2N17O2S3. The Morgan fingerprint density at radius 1 is 0.592 bits per heavy atom. The van der Waals surface area contributed by atoms with Crippen LogP contribution in [0, 0.1) is 11.6 Å². The number of aromatic amines is 1. The molecule has 5 N–H and O–H groups in total. The van der Waals surface area contributed by atoms with Crippen molar-refractivity contribution in [2.24, 2.45) is 0 Å². The highest BCUT2D eigenvalue weighted by Crippen LogP contribution is 2.27. The van der Waals surface area contributed by atoms with E-state index in [0.29, 0.717) is 77.9 Å². The monoisotopic (exact) mass is 1080 g/mol. The van der Waals surface area contributed by atoms with E-state index in [4.69, 9.17) is 4.98 Å². The second kappa shape index (κ2) is 25.8. The zero-order chi connectivity index (χ0) is 52.7. The summed E-state index contributed by atoms with van der Waals surface area (Å²) < 4.78 is 56.6. The highest BCUT2D eigenvalue weighted by molar-refractivity contribution is 7.87. The minimum Gasteiger partial charge on any atom is -0.362 e. The molecule has 24 heteroatoms. The van der Waals surface area contributed by atoms with Crippen molar-refractivity contribution in [3.63, 3.8) is 0 Å². The second-order valence-electron chi connectivity index (χ2n) is 17.4. The fraction of sp³-hybridized carbons (Fsp3) is 0.269. The molecule has 10 aromatic rings. The van der Waals surface area contributed by atoms with Gasteiger partial charge in [0.1, 0.15) is 56.6 Å². The number of fused-ring (bicyclic) bond motifs is 2. The van der Waals surface area contributed by atoms with Crippen molar-refractivity contribution >= 4 is 65.2 Å². The number of H-pyrrole nitrogens is 1. The standard InChI is InChI=1S/C27H30FN9O2S2.C25H25FN8S/c1-36(2)41(38,39)37-20(15-19-7-4-3-5-8-19)16-31-23(37)10-13-29-14-11-24-35-25-26(33-18-34-27(25)40-24)32-17-22-21(28)9-6-12-30-22;26-19-7-4-10-28-20(19)15-30-24-23-25(32-16-31-24)35-22(34-23)9-12-27-11-8-21-29-14-18(33-21)13-17-5-2-1-3-6-17/h3-9,12,16,18,29H,10-11,13-15,17H2,1-2H3,(H,32,33,34);1-7,10,14,16,27H,8-9,11-13,15H2,(H,29,33)(H,30,31,32). The van der Waals surface area contributed by atoms with Crippen LogP contribution in [0.2, 0.25) is 0 Å². The average Bonchev–Trinajstić information content (AvgIpc) is 4.26. The van der Waals surface area contributed by atoms with Gasteiger partial charge in [0.05, 0.1) is 46.4 Å². The van der Waals surface area contributed by atoms with Crippen LogP contribution in [0.25, 0.3) is 20.7 Å². The van der Waals surface area contributed by atoms with Crippen LogP contribution in [-0.2, 0) is 61.8 Å². The lowest BCUT2D eigenvalue weighted by atomic mass is 10.1. The fourth-order valence-corrected chi connectivity index (χ4v) is 10.9. The zero-order valence-electron chi connectivity index (χ0n) is 41.7. The highest BCUT2D eigenvalue weighted by Gasteiger charge is 2.24. The van der Waals surface area contributed by atoms with Crippen molar-refractivity contribution in [2.75, 3.05) is 50.9 Å². The van der Waals surface area contributed by atoms with Gasteiger partial charge in [0.25, 0.3) is 0 Å². The van der Waals surface area contributed by atoms with Gasteiger partial charge < -0.3 is 26.3 Å². The summed E-state index contributed by atoms with van der Waals surface area (Å²) in [5.41, 5.74) is 5.98. The minimum atomic E-state index is -3.74. The number of benzene rings is 2. The summed E-state index contributed by atoms with van der Waals surface area (Å²) in [6, 6.07) is 26.0. The first kappa shape index (κ1) is 53.2. The molecule has 2 aromatic carbocycles. The number of hydrogen-bond acceptors (Lipinski definition) is 18.